The quantitative estimate of drug-likeness (QED) is 0.169. The summed E-state index contributed by atoms with van der Waals surface area (Å²) >= 11 is 0. The molecule has 0 aromatic heterocycles. The number of rotatable bonds is 11. The molecule has 0 bridgehead atoms. The highest BCUT2D eigenvalue weighted by molar-refractivity contribution is 5.94. The van der Waals surface area contributed by atoms with Crippen molar-refractivity contribution in [2.45, 2.75) is 62.9 Å². The molecule has 170 valence electrons. The topological polar surface area (TPSA) is 225 Å². The number of hydrogen-bond acceptors (Lipinski definition) is 8. The average molecular weight is 431 g/mol. The van der Waals surface area contributed by atoms with Gasteiger partial charge in [-0.05, 0) is 26.2 Å². The Bertz CT molecular complexity index is 671. The summed E-state index contributed by atoms with van der Waals surface area (Å²) in [5, 5.41) is 32.6. The van der Waals surface area contributed by atoms with Gasteiger partial charge in [-0.3, -0.25) is 19.2 Å². The number of primary amides is 1. The summed E-state index contributed by atoms with van der Waals surface area (Å²) in [6, 6.07) is -5.19. The van der Waals surface area contributed by atoms with Crippen LogP contribution in [0.15, 0.2) is 0 Å². The van der Waals surface area contributed by atoms with Crippen molar-refractivity contribution in [3.8, 4) is 0 Å². The predicted octanol–water partition coefficient (Wildman–Crippen LogP) is -4.00. The smallest absolute Gasteiger partial charge is 0.326 e. The zero-order valence-electron chi connectivity index (χ0n) is 16.6. The summed E-state index contributed by atoms with van der Waals surface area (Å²) in [4.78, 5) is 61.0. The summed E-state index contributed by atoms with van der Waals surface area (Å²) in [6.07, 6.45) is -1.12. The summed E-state index contributed by atoms with van der Waals surface area (Å²) in [5.74, 6) is -4.47. The van der Waals surface area contributed by atoms with Crippen molar-refractivity contribution >= 4 is 29.6 Å². The van der Waals surface area contributed by atoms with Gasteiger partial charge in [-0.1, -0.05) is 0 Å². The van der Waals surface area contributed by atoms with Crippen LogP contribution in [-0.2, 0) is 24.0 Å². The first-order chi connectivity index (χ1) is 14.0. The van der Waals surface area contributed by atoms with Crippen LogP contribution in [-0.4, -0.2) is 93.2 Å². The molecule has 1 saturated heterocycles. The fourth-order valence-corrected chi connectivity index (χ4v) is 3.04. The molecule has 1 heterocycles. The Morgan fingerprint density at radius 2 is 1.80 bits per heavy atom. The number of nitrogens with zero attached hydrogens (tertiary/aromatic N) is 1. The van der Waals surface area contributed by atoms with Gasteiger partial charge in [0.05, 0.1) is 12.7 Å². The van der Waals surface area contributed by atoms with Gasteiger partial charge in [0.15, 0.2) is 0 Å². The number of carbonyl (C=O) groups excluding carboxylic acids is 4. The lowest BCUT2D eigenvalue weighted by Crippen LogP contribution is -2.60. The minimum atomic E-state index is -1.51. The van der Waals surface area contributed by atoms with Crippen molar-refractivity contribution in [3.63, 3.8) is 0 Å². The second kappa shape index (κ2) is 11.4. The Balaban J connectivity index is 2.99. The first-order valence-corrected chi connectivity index (χ1v) is 9.46. The van der Waals surface area contributed by atoms with Crippen molar-refractivity contribution in [3.05, 3.63) is 0 Å². The van der Waals surface area contributed by atoms with Crippen LogP contribution < -0.4 is 22.1 Å². The molecule has 4 amide bonds. The van der Waals surface area contributed by atoms with Crippen LogP contribution in [0.1, 0.15) is 32.6 Å². The number of aliphatic hydroxyl groups is 2. The van der Waals surface area contributed by atoms with E-state index in [-0.39, 0.29) is 25.8 Å². The van der Waals surface area contributed by atoms with Gasteiger partial charge < -0.3 is 42.3 Å². The number of hydrogen-bond donors (Lipinski definition) is 7. The molecule has 0 aromatic rings. The van der Waals surface area contributed by atoms with Gasteiger partial charge in [0, 0.05) is 13.0 Å². The monoisotopic (exact) mass is 431 g/mol. The second-order valence-corrected chi connectivity index (χ2v) is 7.11. The summed E-state index contributed by atoms with van der Waals surface area (Å²) < 4.78 is 0. The molecule has 0 aromatic carbocycles. The number of carbonyl (C=O) groups is 5. The van der Waals surface area contributed by atoms with Crippen molar-refractivity contribution < 1.29 is 39.3 Å². The van der Waals surface area contributed by atoms with Crippen LogP contribution in [0, 0.1) is 0 Å². The predicted molar refractivity (Wildman–Crippen MR) is 101 cm³/mol. The number of likely N-dealkylation sites (tertiary alicyclic amines) is 1. The van der Waals surface area contributed by atoms with Crippen LogP contribution in [0.2, 0.25) is 0 Å². The highest BCUT2D eigenvalue weighted by Gasteiger charge is 2.38. The Hall–Kier alpha value is -2.77. The SMILES string of the molecule is CC(O)C(NC(=O)C(N)CO)C(=O)NC(CCC(N)=O)C(=O)N1CCCC1C(=O)O. The number of nitrogens with two attached hydrogens (primary N) is 2. The van der Waals surface area contributed by atoms with Crippen molar-refractivity contribution in [2.75, 3.05) is 13.2 Å². The zero-order chi connectivity index (χ0) is 23.0. The molecular formula is C17H29N5O8. The van der Waals surface area contributed by atoms with E-state index in [2.05, 4.69) is 10.6 Å². The van der Waals surface area contributed by atoms with Crippen molar-refractivity contribution in [2.24, 2.45) is 11.5 Å². The number of amides is 4. The van der Waals surface area contributed by atoms with E-state index in [9.17, 15) is 34.2 Å². The van der Waals surface area contributed by atoms with E-state index < -0.39 is 66.5 Å². The van der Waals surface area contributed by atoms with Gasteiger partial charge in [0.2, 0.25) is 23.6 Å². The van der Waals surface area contributed by atoms with E-state index in [1.54, 1.807) is 0 Å². The minimum Gasteiger partial charge on any atom is -0.480 e. The molecule has 30 heavy (non-hydrogen) atoms. The van der Waals surface area contributed by atoms with Gasteiger partial charge in [-0.25, -0.2) is 4.79 Å². The second-order valence-electron chi connectivity index (χ2n) is 7.11. The molecule has 1 rings (SSSR count). The van der Waals surface area contributed by atoms with Gasteiger partial charge in [0.25, 0.3) is 0 Å². The molecule has 0 saturated carbocycles. The van der Waals surface area contributed by atoms with Crippen LogP contribution >= 0.6 is 0 Å². The maximum atomic E-state index is 12.9. The molecule has 5 unspecified atom stereocenters. The Kier molecular flexibility index (Phi) is 9.62. The van der Waals surface area contributed by atoms with Crippen molar-refractivity contribution in [1.29, 1.82) is 0 Å². The number of carboxylic acid groups (broad SMARTS) is 1. The van der Waals surface area contributed by atoms with E-state index >= 15 is 0 Å². The molecule has 9 N–H and O–H groups in total. The summed E-state index contributed by atoms with van der Waals surface area (Å²) in [7, 11) is 0. The summed E-state index contributed by atoms with van der Waals surface area (Å²) in [6.45, 7) is 0.696. The molecule has 13 nitrogen and oxygen atoms in total. The number of nitrogens with one attached hydrogen (secondary N) is 2. The highest BCUT2D eigenvalue weighted by atomic mass is 16.4. The molecular weight excluding hydrogens is 402 g/mol. The largest absolute Gasteiger partial charge is 0.480 e. The zero-order valence-corrected chi connectivity index (χ0v) is 16.6. The maximum absolute atomic E-state index is 12.9. The van der Waals surface area contributed by atoms with E-state index in [4.69, 9.17) is 16.6 Å². The molecule has 5 atom stereocenters. The Morgan fingerprint density at radius 3 is 2.30 bits per heavy atom. The number of aliphatic hydroxyl groups excluding tert-OH is 2. The summed E-state index contributed by atoms with van der Waals surface area (Å²) in [5.41, 5.74) is 10.5. The molecule has 0 radical (unpaired) electrons. The van der Waals surface area contributed by atoms with E-state index in [0.717, 1.165) is 4.90 Å². The van der Waals surface area contributed by atoms with Gasteiger partial charge in [0.1, 0.15) is 24.2 Å². The molecule has 0 spiro atoms. The van der Waals surface area contributed by atoms with Gasteiger partial charge in [-0.15, -0.1) is 0 Å². The third-order valence-electron chi connectivity index (χ3n) is 4.71. The molecule has 1 aliphatic heterocycles. The Morgan fingerprint density at radius 1 is 1.17 bits per heavy atom. The minimum absolute atomic E-state index is 0.167. The van der Waals surface area contributed by atoms with E-state index in [0.29, 0.717) is 6.42 Å². The first kappa shape index (κ1) is 25.3. The van der Waals surface area contributed by atoms with Crippen molar-refractivity contribution in [1.82, 2.24) is 15.5 Å². The van der Waals surface area contributed by atoms with Crippen LogP contribution in [0.5, 0.6) is 0 Å². The average Bonchev–Trinajstić information content (AvgIpc) is 3.17. The lowest BCUT2D eigenvalue weighted by molar-refractivity contribution is -0.149. The van der Waals surface area contributed by atoms with Crippen LogP contribution in [0.25, 0.3) is 0 Å². The fourth-order valence-electron chi connectivity index (χ4n) is 3.04. The Labute approximate surface area is 172 Å². The highest BCUT2D eigenvalue weighted by Crippen LogP contribution is 2.19. The maximum Gasteiger partial charge on any atom is 0.326 e. The molecule has 1 fully saturated rings. The fraction of sp³-hybridized carbons (Fsp3) is 0.706. The number of carboxylic acids is 1. The lowest BCUT2D eigenvalue weighted by atomic mass is 10.1. The van der Waals surface area contributed by atoms with Crippen LogP contribution in [0.3, 0.4) is 0 Å². The third kappa shape index (κ3) is 6.93. The van der Waals surface area contributed by atoms with Gasteiger partial charge in [-0.2, -0.15) is 0 Å². The standard InChI is InChI=1S/C17H29N5O8/c1-8(24)13(21-14(26)9(18)7-23)15(27)20-10(4-5-12(19)25)16(28)22-6-2-3-11(22)17(29)30/h8-11,13,23-24H,2-7,18H2,1H3,(H2,19,25)(H,20,27)(H,21,26)(H,29,30). The molecule has 1 aliphatic rings. The third-order valence-corrected chi connectivity index (χ3v) is 4.71. The van der Waals surface area contributed by atoms with E-state index in [1.807, 2.05) is 0 Å². The lowest BCUT2D eigenvalue weighted by Gasteiger charge is -2.29. The van der Waals surface area contributed by atoms with Gasteiger partial charge >= 0.3 is 5.97 Å². The van der Waals surface area contributed by atoms with Crippen LogP contribution in [0.4, 0.5) is 0 Å². The molecule has 0 aliphatic carbocycles. The van der Waals surface area contributed by atoms with E-state index in [1.165, 1.54) is 6.92 Å². The normalized spacial score (nSPS) is 20.0. The molecule has 13 heteroatoms. The number of aliphatic carboxylic acids is 1. The first-order valence-electron chi connectivity index (χ1n) is 9.46.